The van der Waals surface area contributed by atoms with Crippen molar-refractivity contribution in [1.82, 2.24) is 20.2 Å². The third-order valence-electron chi connectivity index (χ3n) is 2.18. The summed E-state index contributed by atoms with van der Waals surface area (Å²) in [6, 6.07) is 10.0. The summed E-state index contributed by atoms with van der Waals surface area (Å²) in [6.07, 6.45) is 0. The molecular weight excluding hydrogens is 234 g/mol. The molecule has 2 aromatic rings. The van der Waals surface area contributed by atoms with E-state index >= 15 is 0 Å². The molecule has 1 heterocycles. The largest absolute Gasteiger partial charge is 0.215 e. The zero-order valence-electron chi connectivity index (χ0n) is 9.53. The average molecular weight is 245 g/mol. The predicted molar refractivity (Wildman–Crippen MR) is 64.8 cm³/mol. The van der Waals surface area contributed by atoms with E-state index in [1.807, 2.05) is 38.1 Å². The van der Waals surface area contributed by atoms with Gasteiger partial charge in [0.25, 0.3) is 0 Å². The Kier molecular flexibility index (Phi) is 3.40. The first-order valence-electron chi connectivity index (χ1n) is 5.12. The Balaban J connectivity index is 2.31. The molecule has 0 amide bonds. The van der Waals surface area contributed by atoms with Gasteiger partial charge in [-0.05, 0) is 36.4 Å². The molecule has 1 aromatic carbocycles. The van der Waals surface area contributed by atoms with Gasteiger partial charge >= 0.3 is 0 Å². The minimum atomic E-state index is -0.176. The number of aryl methyl sites for hydroxylation is 1. The highest BCUT2D eigenvalue weighted by Gasteiger charge is 2.12. The van der Waals surface area contributed by atoms with Crippen molar-refractivity contribution >= 4 is 11.8 Å². The molecule has 2 rings (SSSR count). The first-order valence-corrected chi connectivity index (χ1v) is 6.00. The summed E-state index contributed by atoms with van der Waals surface area (Å²) in [6.45, 7) is 3.84. The third kappa shape index (κ3) is 2.63. The Bertz CT molecular complexity index is 540. The quantitative estimate of drug-likeness (QED) is 0.773. The highest BCUT2D eigenvalue weighted by Crippen LogP contribution is 2.22. The molecule has 0 radical (unpaired) electrons. The van der Waals surface area contributed by atoms with Crippen molar-refractivity contribution < 1.29 is 0 Å². The molecule has 6 heteroatoms. The maximum Gasteiger partial charge on any atom is 0.215 e. The fraction of sp³-hybridized carbons (Fsp3) is 0.273. The second-order valence-electron chi connectivity index (χ2n) is 3.60. The van der Waals surface area contributed by atoms with Crippen LogP contribution in [0.1, 0.15) is 12.5 Å². The predicted octanol–water partition coefficient (Wildman–Crippen LogP) is 1.97. The van der Waals surface area contributed by atoms with Gasteiger partial charge in [-0.1, -0.05) is 29.5 Å². The van der Waals surface area contributed by atoms with Crippen molar-refractivity contribution in [2.75, 3.05) is 0 Å². The van der Waals surface area contributed by atoms with Crippen LogP contribution in [-0.4, -0.2) is 25.5 Å². The van der Waals surface area contributed by atoms with E-state index in [1.165, 1.54) is 17.3 Å². The van der Waals surface area contributed by atoms with E-state index in [9.17, 15) is 0 Å². The molecule has 17 heavy (non-hydrogen) atoms. The van der Waals surface area contributed by atoms with Gasteiger partial charge in [-0.15, -0.1) is 5.10 Å². The van der Waals surface area contributed by atoms with Crippen molar-refractivity contribution in [2.24, 2.45) is 0 Å². The zero-order valence-corrected chi connectivity index (χ0v) is 10.3. The fourth-order valence-electron chi connectivity index (χ4n) is 1.28. The molecule has 0 bridgehead atoms. The van der Waals surface area contributed by atoms with Crippen molar-refractivity contribution in [3.63, 3.8) is 0 Å². The van der Waals surface area contributed by atoms with Crippen LogP contribution < -0.4 is 0 Å². The van der Waals surface area contributed by atoms with Gasteiger partial charge in [-0.25, -0.2) is 0 Å². The number of rotatable bonds is 3. The Morgan fingerprint density at radius 1 is 1.35 bits per heavy atom. The lowest BCUT2D eigenvalue weighted by molar-refractivity contribution is 0.755. The van der Waals surface area contributed by atoms with E-state index in [1.54, 1.807) is 4.68 Å². The molecule has 0 aliphatic carbocycles. The Morgan fingerprint density at radius 2 is 2.06 bits per heavy atom. The third-order valence-corrected chi connectivity index (χ3v) is 3.11. The topological polar surface area (TPSA) is 67.4 Å². The number of benzene rings is 1. The van der Waals surface area contributed by atoms with Crippen LogP contribution in [0.4, 0.5) is 0 Å². The normalized spacial score (nSPS) is 12.1. The van der Waals surface area contributed by atoms with Crippen LogP contribution in [0.15, 0.2) is 29.4 Å². The summed E-state index contributed by atoms with van der Waals surface area (Å²) in [5.74, 6) is 0. The minimum absolute atomic E-state index is 0.176. The summed E-state index contributed by atoms with van der Waals surface area (Å²) in [7, 11) is 0. The number of thioether (sulfide) groups is 1. The van der Waals surface area contributed by atoms with E-state index in [2.05, 4.69) is 21.6 Å². The molecule has 0 N–H and O–H groups in total. The zero-order chi connectivity index (χ0) is 12.3. The molecule has 86 valence electrons. The van der Waals surface area contributed by atoms with Crippen LogP contribution in [0.3, 0.4) is 0 Å². The van der Waals surface area contributed by atoms with Crippen LogP contribution >= 0.6 is 11.8 Å². The van der Waals surface area contributed by atoms with Crippen LogP contribution in [0, 0.1) is 18.3 Å². The van der Waals surface area contributed by atoms with Crippen molar-refractivity contribution in [3.05, 3.63) is 29.8 Å². The Labute approximate surface area is 103 Å². The Hall–Kier alpha value is -1.87. The molecule has 0 aliphatic heterocycles. The number of tetrazole rings is 1. The maximum atomic E-state index is 8.78. The maximum absolute atomic E-state index is 8.78. The number of hydrogen-bond acceptors (Lipinski definition) is 5. The first kappa shape index (κ1) is 11.6. The van der Waals surface area contributed by atoms with Crippen LogP contribution in [-0.2, 0) is 0 Å². The number of nitriles is 1. The molecular formula is C11H11N5S. The van der Waals surface area contributed by atoms with Gasteiger partial charge in [0.2, 0.25) is 5.16 Å². The number of nitrogens with zero attached hydrogens (tertiary/aromatic N) is 5. The van der Waals surface area contributed by atoms with Gasteiger partial charge in [0.1, 0.15) is 0 Å². The lowest BCUT2D eigenvalue weighted by Crippen LogP contribution is -2.01. The van der Waals surface area contributed by atoms with E-state index in [0.29, 0.717) is 5.16 Å². The summed E-state index contributed by atoms with van der Waals surface area (Å²) >= 11 is 1.34. The molecule has 0 aliphatic rings. The molecule has 1 atom stereocenters. The minimum Gasteiger partial charge on any atom is -0.197 e. The lowest BCUT2D eigenvalue weighted by atomic mass is 10.2. The SMILES string of the molecule is Cc1ccc(-n2nnnc2S[C@H](C)C#N)cc1. The highest BCUT2D eigenvalue weighted by molar-refractivity contribution is 8.00. The molecule has 0 unspecified atom stereocenters. The van der Waals surface area contributed by atoms with Crippen molar-refractivity contribution in [3.8, 4) is 11.8 Å². The molecule has 0 spiro atoms. The number of aromatic nitrogens is 4. The van der Waals surface area contributed by atoms with Gasteiger partial charge in [-0.2, -0.15) is 9.94 Å². The second kappa shape index (κ2) is 4.97. The summed E-state index contributed by atoms with van der Waals surface area (Å²) in [5.41, 5.74) is 2.08. The van der Waals surface area contributed by atoms with Gasteiger partial charge in [-0.3, -0.25) is 0 Å². The second-order valence-corrected chi connectivity index (χ2v) is 4.91. The summed E-state index contributed by atoms with van der Waals surface area (Å²) < 4.78 is 1.64. The van der Waals surface area contributed by atoms with E-state index in [-0.39, 0.29) is 5.25 Å². The van der Waals surface area contributed by atoms with Gasteiger partial charge in [0, 0.05) is 0 Å². The van der Waals surface area contributed by atoms with Crippen LogP contribution in [0.25, 0.3) is 5.69 Å². The molecule has 0 saturated heterocycles. The van der Waals surface area contributed by atoms with Gasteiger partial charge < -0.3 is 0 Å². The van der Waals surface area contributed by atoms with Crippen LogP contribution in [0.2, 0.25) is 0 Å². The van der Waals surface area contributed by atoms with E-state index in [4.69, 9.17) is 5.26 Å². The first-order chi connectivity index (χ1) is 8.20. The fourth-order valence-corrected chi connectivity index (χ4v) is 1.98. The monoisotopic (exact) mass is 245 g/mol. The average Bonchev–Trinajstić information content (AvgIpc) is 2.78. The highest BCUT2D eigenvalue weighted by atomic mass is 32.2. The molecule has 1 aromatic heterocycles. The standard InChI is InChI=1S/C11H11N5S/c1-8-3-5-10(6-4-8)16-11(13-14-15-16)17-9(2)7-12/h3-6,9H,1-2H3/t9-/m1/s1. The van der Waals surface area contributed by atoms with Crippen molar-refractivity contribution in [2.45, 2.75) is 24.3 Å². The summed E-state index contributed by atoms with van der Waals surface area (Å²) in [5, 5.41) is 20.7. The van der Waals surface area contributed by atoms with Crippen LogP contribution in [0.5, 0.6) is 0 Å². The van der Waals surface area contributed by atoms with Gasteiger partial charge in [0.05, 0.1) is 17.0 Å². The molecule has 0 fully saturated rings. The number of hydrogen-bond donors (Lipinski definition) is 0. The smallest absolute Gasteiger partial charge is 0.197 e. The van der Waals surface area contributed by atoms with E-state index < -0.39 is 0 Å². The van der Waals surface area contributed by atoms with Crippen molar-refractivity contribution in [1.29, 1.82) is 5.26 Å². The molecule has 5 nitrogen and oxygen atoms in total. The Morgan fingerprint density at radius 3 is 2.71 bits per heavy atom. The van der Waals surface area contributed by atoms with Gasteiger partial charge in [0.15, 0.2) is 0 Å². The lowest BCUT2D eigenvalue weighted by Gasteiger charge is -2.04. The molecule has 0 saturated carbocycles. The summed E-state index contributed by atoms with van der Waals surface area (Å²) in [4.78, 5) is 0. The van der Waals surface area contributed by atoms with E-state index in [0.717, 1.165) is 5.69 Å².